The third kappa shape index (κ3) is 1.91. The minimum absolute atomic E-state index is 0.370. The average molecular weight is 201 g/mol. The maximum absolute atomic E-state index is 5.49. The van der Waals surface area contributed by atoms with Gasteiger partial charge in [-0.15, -0.1) is 5.92 Å². The zero-order valence-corrected chi connectivity index (χ0v) is 8.69. The Kier molecular flexibility index (Phi) is 2.55. The smallest absolute Gasteiger partial charge is 0.219 e. The van der Waals surface area contributed by atoms with Crippen LogP contribution in [0.25, 0.3) is 5.65 Å². The van der Waals surface area contributed by atoms with E-state index in [2.05, 4.69) is 21.9 Å². The Morgan fingerprint density at radius 2 is 2.40 bits per heavy atom. The van der Waals surface area contributed by atoms with Crippen LogP contribution < -0.4 is 4.74 Å². The molecule has 0 radical (unpaired) electrons. The molecule has 0 aliphatic rings. The average Bonchev–Trinajstić information content (AvgIpc) is 2.65. The third-order valence-electron chi connectivity index (χ3n) is 1.92. The Morgan fingerprint density at radius 3 is 3.20 bits per heavy atom. The molecule has 0 aliphatic heterocycles. The zero-order chi connectivity index (χ0) is 10.7. The van der Waals surface area contributed by atoms with E-state index in [4.69, 9.17) is 4.74 Å². The summed E-state index contributed by atoms with van der Waals surface area (Å²) in [6.07, 6.45) is 1.69. The maximum Gasteiger partial charge on any atom is 0.219 e. The fourth-order valence-corrected chi connectivity index (χ4v) is 1.29. The van der Waals surface area contributed by atoms with Gasteiger partial charge in [0.1, 0.15) is 0 Å². The predicted molar refractivity (Wildman–Crippen MR) is 56.7 cm³/mol. The van der Waals surface area contributed by atoms with E-state index in [-0.39, 0.29) is 0 Å². The molecule has 2 rings (SSSR count). The second kappa shape index (κ2) is 4.01. The van der Waals surface area contributed by atoms with Crippen LogP contribution in [0.3, 0.4) is 0 Å². The van der Waals surface area contributed by atoms with E-state index in [1.165, 1.54) is 0 Å². The molecule has 0 fully saturated rings. The number of ether oxygens (including phenoxy) is 1. The highest BCUT2D eigenvalue weighted by atomic mass is 16.5. The van der Waals surface area contributed by atoms with E-state index in [0.717, 1.165) is 11.3 Å². The second-order valence-electron chi connectivity index (χ2n) is 3.05. The SMILES string of the molecule is CC#CCOc1cc(C)nc2ccnn12. The first-order chi connectivity index (χ1) is 7.31. The number of hydrogen-bond acceptors (Lipinski definition) is 3. The van der Waals surface area contributed by atoms with Crippen molar-refractivity contribution in [1.29, 1.82) is 0 Å². The van der Waals surface area contributed by atoms with Gasteiger partial charge >= 0.3 is 0 Å². The Labute approximate surface area is 87.9 Å². The van der Waals surface area contributed by atoms with Crippen molar-refractivity contribution in [3.63, 3.8) is 0 Å². The van der Waals surface area contributed by atoms with Gasteiger partial charge in [0.15, 0.2) is 12.3 Å². The molecule has 0 bridgehead atoms. The lowest BCUT2D eigenvalue weighted by Crippen LogP contribution is -2.02. The Balaban J connectivity index is 2.38. The first-order valence-corrected chi connectivity index (χ1v) is 4.65. The standard InChI is InChI=1S/C11H11N3O/c1-3-4-7-15-11-8-9(2)13-10-5-6-12-14(10)11/h5-6,8H,7H2,1-2H3. The van der Waals surface area contributed by atoms with Crippen molar-refractivity contribution in [3.8, 4) is 17.7 Å². The molecule has 0 saturated carbocycles. The fraction of sp³-hybridized carbons (Fsp3) is 0.273. The number of fused-ring (bicyclic) bond motifs is 1. The quantitative estimate of drug-likeness (QED) is 0.690. The van der Waals surface area contributed by atoms with Crippen LogP contribution >= 0.6 is 0 Å². The summed E-state index contributed by atoms with van der Waals surface area (Å²) in [5.41, 5.74) is 1.69. The maximum atomic E-state index is 5.49. The number of aromatic nitrogens is 3. The molecule has 2 aromatic heterocycles. The molecule has 0 spiro atoms. The van der Waals surface area contributed by atoms with Crippen LogP contribution in [0.15, 0.2) is 18.3 Å². The molecule has 0 saturated heterocycles. The van der Waals surface area contributed by atoms with Gasteiger partial charge in [-0.3, -0.25) is 0 Å². The van der Waals surface area contributed by atoms with Gasteiger partial charge in [-0.1, -0.05) is 5.92 Å². The van der Waals surface area contributed by atoms with E-state index >= 15 is 0 Å². The minimum Gasteiger partial charge on any atom is -0.464 e. The number of nitrogens with zero attached hydrogens (tertiary/aromatic N) is 3. The third-order valence-corrected chi connectivity index (χ3v) is 1.92. The lowest BCUT2D eigenvalue weighted by Gasteiger charge is -2.05. The van der Waals surface area contributed by atoms with Crippen LogP contribution in [-0.4, -0.2) is 21.2 Å². The van der Waals surface area contributed by atoms with Crippen LogP contribution in [0, 0.1) is 18.8 Å². The molecule has 0 aromatic carbocycles. The van der Waals surface area contributed by atoms with Gasteiger partial charge in [-0.25, -0.2) is 4.98 Å². The fourth-order valence-electron chi connectivity index (χ4n) is 1.29. The van der Waals surface area contributed by atoms with Crippen LogP contribution in [0.1, 0.15) is 12.6 Å². The summed E-state index contributed by atoms with van der Waals surface area (Å²) in [6, 6.07) is 3.68. The normalized spacial score (nSPS) is 9.73. The summed E-state index contributed by atoms with van der Waals surface area (Å²) in [4.78, 5) is 4.31. The molecule has 0 amide bonds. The molecule has 0 aliphatic carbocycles. The molecule has 76 valence electrons. The van der Waals surface area contributed by atoms with Gasteiger partial charge < -0.3 is 4.74 Å². The second-order valence-corrected chi connectivity index (χ2v) is 3.05. The summed E-state index contributed by atoms with van der Waals surface area (Å²) in [5, 5.41) is 4.12. The van der Waals surface area contributed by atoms with Gasteiger partial charge in [-0.05, 0) is 13.8 Å². The van der Waals surface area contributed by atoms with E-state index < -0.39 is 0 Å². The Morgan fingerprint density at radius 1 is 1.53 bits per heavy atom. The first kappa shape index (κ1) is 9.53. The molecular formula is C11H11N3O. The first-order valence-electron chi connectivity index (χ1n) is 4.65. The van der Waals surface area contributed by atoms with E-state index in [1.54, 1.807) is 17.6 Å². The van der Waals surface area contributed by atoms with Crippen LogP contribution in [-0.2, 0) is 0 Å². The van der Waals surface area contributed by atoms with Crippen molar-refractivity contribution in [3.05, 3.63) is 24.0 Å². The lowest BCUT2D eigenvalue weighted by atomic mass is 10.4. The van der Waals surface area contributed by atoms with Crippen molar-refractivity contribution in [2.45, 2.75) is 13.8 Å². The highest BCUT2D eigenvalue weighted by molar-refractivity contribution is 5.40. The molecule has 2 aromatic rings. The lowest BCUT2D eigenvalue weighted by molar-refractivity contribution is 0.344. The molecule has 4 nitrogen and oxygen atoms in total. The monoisotopic (exact) mass is 201 g/mol. The number of aryl methyl sites for hydroxylation is 1. The largest absolute Gasteiger partial charge is 0.464 e. The van der Waals surface area contributed by atoms with Gasteiger partial charge in [0.25, 0.3) is 0 Å². The molecule has 4 heteroatoms. The van der Waals surface area contributed by atoms with E-state index in [9.17, 15) is 0 Å². The summed E-state index contributed by atoms with van der Waals surface area (Å²) in [5.74, 6) is 6.29. The Hall–Kier alpha value is -2.02. The summed E-state index contributed by atoms with van der Waals surface area (Å²) >= 11 is 0. The summed E-state index contributed by atoms with van der Waals surface area (Å²) in [6.45, 7) is 4.07. The molecular weight excluding hydrogens is 190 g/mol. The Bertz CT molecular complexity index is 533. The predicted octanol–water partition coefficient (Wildman–Crippen LogP) is 1.44. The zero-order valence-electron chi connectivity index (χ0n) is 8.69. The van der Waals surface area contributed by atoms with Crippen LogP contribution in [0.5, 0.6) is 5.88 Å². The minimum atomic E-state index is 0.370. The molecule has 0 unspecified atom stereocenters. The van der Waals surface area contributed by atoms with Gasteiger partial charge in [-0.2, -0.15) is 9.61 Å². The molecule has 15 heavy (non-hydrogen) atoms. The summed E-state index contributed by atoms with van der Waals surface area (Å²) in [7, 11) is 0. The van der Waals surface area contributed by atoms with Crippen molar-refractivity contribution < 1.29 is 4.74 Å². The van der Waals surface area contributed by atoms with Crippen molar-refractivity contribution in [2.24, 2.45) is 0 Å². The highest BCUT2D eigenvalue weighted by Gasteiger charge is 2.03. The van der Waals surface area contributed by atoms with Gasteiger partial charge in [0.2, 0.25) is 5.88 Å². The molecule has 0 N–H and O–H groups in total. The topological polar surface area (TPSA) is 39.4 Å². The summed E-state index contributed by atoms with van der Waals surface area (Å²) < 4.78 is 7.14. The van der Waals surface area contributed by atoms with Gasteiger partial charge in [0.05, 0.1) is 6.20 Å². The van der Waals surface area contributed by atoms with Crippen LogP contribution in [0.4, 0.5) is 0 Å². The van der Waals surface area contributed by atoms with Gasteiger partial charge in [0, 0.05) is 17.8 Å². The molecule has 2 heterocycles. The van der Waals surface area contributed by atoms with Crippen molar-refractivity contribution in [2.75, 3.05) is 6.61 Å². The molecule has 0 atom stereocenters. The number of hydrogen-bond donors (Lipinski definition) is 0. The van der Waals surface area contributed by atoms with Crippen LogP contribution in [0.2, 0.25) is 0 Å². The highest BCUT2D eigenvalue weighted by Crippen LogP contribution is 2.13. The van der Waals surface area contributed by atoms with Crippen molar-refractivity contribution in [1.82, 2.24) is 14.6 Å². The van der Waals surface area contributed by atoms with E-state index in [0.29, 0.717) is 12.5 Å². The number of rotatable bonds is 2. The van der Waals surface area contributed by atoms with Crippen molar-refractivity contribution >= 4 is 5.65 Å². The van der Waals surface area contributed by atoms with E-state index in [1.807, 2.05) is 19.1 Å².